The first kappa shape index (κ1) is 14.8. The van der Waals surface area contributed by atoms with E-state index in [1.807, 2.05) is 0 Å². The largest absolute Gasteiger partial charge is 0.444 e. The summed E-state index contributed by atoms with van der Waals surface area (Å²) in [6, 6.07) is 1.75. The normalized spacial score (nSPS) is 13.2. The van der Waals surface area contributed by atoms with E-state index in [2.05, 4.69) is 16.3 Å². The molecular formula is C9H6Cl2F3NO3. The second kappa shape index (κ2) is 5.19. The highest BCUT2D eigenvalue weighted by atomic mass is 35.5. The molecule has 0 bridgehead atoms. The van der Waals surface area contributed by atoms with E-state index < -0.39 is 27.4 Å². The summed E-state index contributed by atoms with van der Waals surface area (Å²) >= 11 is 10.1. The van der Waals surface area contributed by atoms with Crippen LogP contribution in [0.4, 0.5) is 18.9 Å². The van der Waals surface area contributed by atoms with Gasteiger partial charge in [-0.05, 0) is 13.0 Å². The highest BCUT2D eigenvalue weighted by Crippen LogP contribution is 2.36. The SMILES string of the molecule is Cc1cc(OC(F)(F)C(F)Cl)c(Cl)cc1[N+](=O)[O-]. The molecule has 18 heavy (non-hydrogen) atoms. The summed E-state index contributed by atoms with van der Waals surface area (Å²) in [6.07, 6.45) is -4.28. The fourth-order valence-corrected chi connectivity index (χ4v) is 1.35. The van der Waals surface area contributed by atoms with Gasteiger partial charge in [0.05, 0.1) is 9.95 Å². The van der Waals surface area contributed by atoms with Crippen molar-refractivity contribution in [2.45, 2.75) is 18.7 Å². The van der Waals surface area contributed by atoms with Gasteiger partial charge in [0.2, 0.25) is 0 Å². The Labute approximate surface area is 109 Å². The maximum absolute atomic E-state index is 12.9. The second-order valence-corrected chi connectivity index (χ2v) is 4.08. The van der Waals surface area contributed by atoms with E-state index in [0.717, 1.165) is 12.1 Å². The van der Waals surface area contributed by atoms with Crippen LogP contribution in [0.1, 0.15) is 5.56 Å². The minimum Gasteiger partial charge on any atom is -0.428 e. The van der Waals surface area contributed by atoms with Crippen molar-refractivity contribution < 1.29 is 22.8 Å². The average Bonchev–Trinajstić information content (AvgIpc) is 2.21. The summed E-state index contributed by atoms with van der Waals surface area (Å²) in [5, 5.41) is 10.1. The van der Waals surface area contributed by atoms with E-state index in [-0.39, 0.29) is 11.3 Å². The number of aryl methyl sites for hydroxylation is 1. The van der Waals surface area contributed by atoms with Crippen LogP contribution in [0, 0.1) is 17.0 Å². The van der Waals surface area contributed by atoms with E-state index >= 15 is 0 Å². The van der Waals surface area contributed by atoms with Gasteiger partial charge in [-0.3, -0.25) is 10.1 Å². The summed E-state index contributed by atoms with van der Waals surface area (Å²) in [6.45, 7) is 1.30. The quantitative estimate of drug-likeness (QED) is 0.479. The molecule has 9 heteroatoms. The molecule has 0 radical (unpaired) electrons. The Morgan fingerprint density at radius 1 is 1.50 bits per heavy atom. The van der Waals surface area contributed by atoms with Crippen LogP contribution in [0.15, 0.2) is 12.1 Å². The number of ether oxygens (including phenoxy) is 1. The van der Waals surface area contributed by atoms with Gasteiger partial charge in [0.25, 0.3) is 11.3 Å². The van der Waals surface area contributed by atoms with E-state index in [0.29, 0.717) is 0 Å². The minimum absolute atomic E-state index is 0.0418. The number of hydrogen-bond acceptors (Lipinski definition) is 3. The zero-order valence-electron chi connectivity index (χ0n) is 8.79. The van der Waals surface area contributed by atoms with Crippen molar-refractivity contribution in [1.29, 1.82) is 0 Å². The van der Waals surface area contributed by atoms with Gasteiger partial charge < -0.3 is 4.74 Å². The fraction of sp³-hybridized carbons (Fsp3) is 0.333. The van der Waals surface area contributed by atoms with Crippen LogP contribution < -0.4 is 4.74 Å². The topological polar surface area (TPSA) is 52.4 Å². The van der Waals surface area contributed by atoms with Crippen molar-refractivity contribution >= 4 is 28.9 Å². The molecule has 1 atom stereocenters. The molecule has 4 nitrogen and oxygen atoms in total. The Hall–Kier alpha value is -1.21. The number of nitrogens with zero attached hydrogens (tertiary/aromatic N) is 1. The predicted molar refractivity (Wildman–Crippen MR) is 59.2 cm³/mol. The molecule has 0 fully saturated rings. The average molecular weight is 304 g/mol. The number of halogens is 5. The lowest BCUT2D eigenvalue weighted by atomic mass is 10.2. The molecule has 0 spiro atoms. The van der Waals surface area contributed by atoms with Crippen LogP contribution in [-0.2, 0) is 0 Å². The first-order chi connectivity index (χ1) is 8.15. The molecule has 0 heterocycles. The van der Waals surface area contributed by atoms with Crippen molar-refractivity contribution in [3.05, 3.63) is 32.8 Å². The lowest BCUT2D eigenvalue weighted by Crippen LogP contribution is -2.32. The molecule has 0 aliphatic rings. The summed E-state index contributed by atoms with van der Waals surface area (Å²) in [4.78, 5) is 9.82. The summed E-state index contributed by atoms with van der Waals surface area (Å²) in [7, 11) is 0. The smallest absolute Gasteiger partial charge is 0.428 e. The monoisotopic (exact) mass is 303 g/mol. The van der Waals surface area contributed by atoms with Crippen LogP contribution in [-0.4, -0.2) is 16.7 Å². The Bertz CT molecular complexity index is 482. The number of rotatable bonds is 4. The highest BCUT2D eigenvalue weighted by molar-refractivity contribution is 6.32. The number of nitro groups is 1. The second-order valence-electron chi connectivity index (χ2n) is 3.29. The molecule has 1 rings (SSSR count). The molecule has 0 N–H and O–H groups in total. The molecule has 0 aliphatic heterocycles. The summed E-state index contributed by atoms with van der Waals surface area (Å²) in [5.41, 5.74) is -3.39. The van der Waals surface area contributed by atoms with E-state index in [9.17, 15) is 23.3 Å². The summed E-state index contributed by atoms with van der Waals surface area (Å²) in [5.74, 6) is -0.590. The number of hydrogen-bond donors (Lipinski definition) is 0. The van der Waals surface area contributed by atoms with Gasteiger partial charge in [0.15, 0.2) is 0 Å². The molecule has 0 saturated heterocycles. The highest BCUT2D eigenvalue weighted by Gasteiger charge is 2.42. The van der Waals surface area contributed by atoms with E-state index in [4.69, 9.17) is 11.6 Å². The summed E-state index contributed by atoms with van der Waals surface area (Å²) < 4.78 is 42.1. The van der Waals surface area contributed by atoms with Crippen molar-refractivity contribution in [2.75, 3.05) is 0 Å². The maximum Gasteiger partial charge on any atom is 0.444 e. The molecule has 1 aromatic rings. The molecule has 100 valence electrons. The predicted octanol–water partition coefficient (Wildman–Crippen LogP) is 4.06. The third-order valence-corrected chi connectivity index (χ3v) is 2.50. The number of benzene rings is 1. The van der Waals surface area contributed by atoms with Gasteiger partial charge in [0.1, 0.15) is 5.75 Å². The lowest BCUT2D eigenvalue weighted by molar-refractivity contribution is -0.385. The Kier molecular flexibility index (Phi) is 4.28. The third-order valence-electron chi connectivity index (χ3n) is 1.95. The number of nitro benzene ring substituents is 1. The molecule has 1 aromatic carbocycles. The van der Waals surface area contributed by atoms with Crippen LogP contribution in [0.5, 0.6) is 5.75 Å². The molecule has 0 saturated carbocycles. The van der Waals surface area contributed by atoms with E-state index in [1.165, 1.54) is 6.92 Å². The van der Waals surface area contributed by atoms with E-state index in [1.54, 1.807) is 0 Å². The Morgan fingerprint density at radius 2 is 2.06 bits per heavy atom. The van der Waals surface area contributed by atoms with Gasteiger partial charge in [-0.25, -0.2) is 4.39 Å². The first-order valence-corrected chi connectivity index (χ1v) is 5.26. The van der Waals surface area contributed by atoms with Crippen molar-refractivity contribution in [2.24, 2.45) is 0 Å². The van der Waals surface area contributed by atoms with Crippen molar-refractivity contribution in [3.63, 3.8) is 0 Å². The zero-order valence-corrected chi connectivity index (χ0v) is 10.3. The molecule has 0 aromatic heterocycles. The van der Waals surface area contributed by atoms with Gasteiger partial charge in [-0.15, -0.1) is 0 Å². The zero-order chi connectivity index (χ0) is 14.1. The van der Waals surface area contributed by atoms with Crippen molar-refractivity contribution in [1.82, 2.24) is 0 Å². The van der Waals surface area contributed by atoms with Gasteiger partial charge in [0, 0.05) is 11.6 Å². The third kappa shape index (κ3) is 3.17. The van der Waals surface area contributed by atoms with Gasteiger partial charge in [-0.1, -0.05) is 23.2 Å². The van der Waals surface area contributed by atoms with Gasteiger partial charge >= 0.3 is 6.11 Å². The lowest BCUT2D eigenvalue weighted by Gasteiger charge is -2.18. The van der Waals surface area contributed by atoms with Crippen LogP contribution in [0.2, 0.25) is 5.02 Å². The molecule has 1 unspecified atom stereocenters. The Morgan fingerprint density at radius 3 is 2.50 bits per heavy atom. The Balaban J connectivity index is 3.13. The van der Waals surface area contributed by atoms with Gasteiger partial charge in [-0.2, -0.15) is 8.78 Å². The molecular weight excluding hydrogens is 298 g/mol. The molecule has 0 aliphatic carbocycles. The van der Waals surface area contributed by atoms with Crippen LogP contribution >= 0.6 is 23.2 Å². The first-order valence-electron chi connectivity index (χ1n) is 4.44. The minimum atomic E-state index is -4.28. The molecule has 0 amide bonds. The van der Waals surface area contributed by atoms with Crippen LogP contribution in [0.3, 0.4) is 0 Å². The van der Waals surface area contributed by atoms with Crippen molar-refractivity contribution in [3.8, 4) is 5.75 Å². The van der Waals surface area contributed by atoms with Crippen LogP contribution in [0.25, 0.3) is 0 Å². The fourth-order valence-electron chi connectivity index (χ4n) is 1.11. The maximum atomic E-state index is 12.9. The number of alkyl halides is 4. The standard InChI is InChI=1S/C9H6Cl2F3NO3/c1-4-2-7(18-9(13,14)8(11)12)5(10)3-6(4)15(16)17/h2-3,8H,1H3.